The number of aromatic hydroxyl groups is 1. The number of hydrogen-bond acceptors (Lipinski definition) is 5. The van der Waals surface area contributed by atoms with E-state index >= 15 is 0 Å². The number of morpholine rings is 1. The molecule has 2 amide bonds. The first-order chi connectivity index (χ1) is 16.6. The number of amides is 2. The minimum Gasteiger partial charge on any atom is -0.506 e. The zero-order chi connectivity index (χ0) is 23.5. The third-order valence-electron chi connectivity index (χ3n) is 6.65. The number of nitrogens with zero attached hydrogens (tertiary/aromatic N) is 2. The molecule has 1 unspecified atom stereocenters. The summed E-state index contributed by atoms with van der Waals surface area (Å²) in [6.45, 7) is 4.58. The maximum atomic E-state index is 13.3. The van der Waals surface area contributed by atoms with Crippen molar-refractivity contribution in [3.63, 3.8) is 0 Å². The Morgan fingerprint density at radius 1 is 1.00 bits per heavy atom. The number of phenols is 1. The second-order valence-corrected chi connectivity index (χ2v) is 8.92. The molecule has 1 atom stereocenters. The molecule has 3 aromatic rings. The van der Waals surface area contributed by atoms with Gasteiger partial charge in [-0.25, -0.2) is 0 Å². The summed E-state index contributed by atoms with van der Waals surface area (Å²) in [5, 5.41) is 15.2. The first-order valence-electron chi connectivity index (χ1n) is 11.8. The monoisotopic (exact) mass is 459 g/mol. The second-order valence-electron chi connectivity index (χ2n) is 8.92. The van der Waals surface area contributed by atoms with E-state index < -0.39 is 6.04 Å². The van der Waals surface area contributed by atoms with Gasteiger partial charge in [0.1, 0.15) is 11.8 Å². The fourth-order valence-electron chi connectivity index (χ4n) is 4.86. The number of anilines is 1. The molecule has 0 saturated carbocycles. The van der Waals surface area contributed by atoms with Crippen LogP contribution in [0.2, 0.25) is 0 Å². The number of fused-ring (bicyclic) bond motifs is 1. The van der Waals surface area contributed by atoms with Gasteiger partial charge in [-0.05, 0) is 42.0 Å². The molecular weight excluding hydrogens is 430 g/mol. The van der Waals surface area contributed by atoms with Crippen molar-refractivity contribution in [1.82, 2.24) is 9.80 Å². The fourth-order valence-corrected chi connectivity index (χ4v) is 4.86. The van der Waals surface area contributed by atoms with Gasteiger partial charge in [0.25, 0.3) is 5.91 Å². The van der Waals surface area contributed by atoms with Crippen LogP contribution in [0.1, 0.15) is 28.8 Å². The molecule has 0 bridgehead atoms. The van der Waals surface area contributed by atoms with Crippen molar-refractivity contribution in [3.8, 4) is 5.75 Å². The van der Waals surface area contributed by atoms with Gasteiger partial charge in [-0.3, -0.25) is 14.5 Å². The molecule has 7 nitrogen and oxygen atoms in total. The minimum absolute atomic E-state index is 0.0371. The summed E-state index contributed by atoms with van der Waals surface area (Å²) in [7, 11) is 0. The van der Waals surface area contributed by atoms with Crippen LogP contribution >= 0.6 is 0 Å². The van der Waals surface area contributed by atoms with Crippen LogP contribution in [-0.2, 0) is 16.1 Å². The van der Waals surface area contributed by atoms with E-state index in [1.807, 2.05) is 42.5 Å². The van der Waals surface area contributed by atoms with Crippen LogP contribution in [0.4, 0.5) is 5.69 Å². The van der Waals surface area contributed by atoms with Gasteiger partial charge < -0.3 is 20.1 Å². The molecule has 0 radical (unpaired) electrons. The number of nitrogens with one attached hydrogen (secondary N) is 1. The lowest BCUT2D eigenvalue weighted by Gasteiger charge is -2.27. The van der Waals surface area contributed by atoms with Crippen LogP contribution < -0.4 is 5.32 Å². The van der Waals surface area contributed by atoms with Gasteiger partial charge in [-0.2, -0.15) is 0 Å². The average Bonchev–Trinajstić information content (AvgIpc) is 3.35. The third-order valence-corrected chi connectivity index (χ3v) is 6.65. The van der Waals surface area contributed by atoms with E-state index in [9.17, 15) is 14.7 Å². The highest BCUT2D eigenvalue weighted by molar-refractivity contribution is 6.06. The summed E-state index contributed by atoms with van der Waals surface area (Å²) in [5.41, 5.74) is 2.08. The smallest absolute Gasteiger partial charge is 0.258 e. The highest BCUT2D eigenvalue weighted by Crippen LogP contribution is 2.31. The van der Waals surface area contributed by atoms with Gasteiger partial charge in [0.05, 0.1) is 18.8 Å². The van der Waals surface area contributed by atoms with Crippen molar-refractivity contribution in [2.24, 2.45) is 0 Å². The van der Waals surface area contributed by atoms with Crippen LogP contribution in [0, 0.1) is 0 Å². The zero-order valence-electron chi connectivity index (χ0n) is 19.1. The van der Waals surface area contributed by atoms with E-state index in [0.717, 1.165) is 55.9 Å². The van der Waals surface area contributed by atoms with Crippen LogP contribution in [0.5, 0.6) is 5.75 Å². The largest absolute Gasteiger partial charge is 0.506 e. The van der Waals surface area contributed by atoms with E-state index in [-0.39, 0.29) is 23.1 Å². The molecule has 2 fully saturated rings. The quantitative estimate of drug-likeness (QED) is 0.609. The lowest BCUT2D eigenvalue weighted by molar-refractivity contribution is -0.119. The van der Waals surface area contributed by atoms with Crippen molar-refractivity contribution in [1.29, 1.82) is 0 Å². The minimum atomic E-state index is -0.568. The summed E-state index contributed by atoms with van der Waals surface area (Å²) in [5.74, 6) is -0.554. The Labute approximate surface area is 198 Å². The molecule has 5 rings (SSSR count). The molecule has 0 spiro atoms. The molecule has 176 valence electrons. The number of ether oxygens (including phenoxy) is 1. The molecule has 2 saturated heterocycles. The Hall–Kier alpha value is -3.42. The number of carbonyl (C=O) groups excluding carboxylic acids is 2. The van der Waals surface area contributed by atoms with Gasteiger partial charge in [-0.15, -0.1) is 0 Å². The molecule has 34 heavy (non-hydrogen) atoms. The van der Waals surface area contributed by atoms with Gasteiger partial charge >= 0.3 is 0 Å². The Morgan fingerprint density at radius 2 is 1.82 bits per heavy atom. The predicted molar refractivity (Wildman–Crippen MR) is 131 cm³/mol. The number of phenolic OH excluding ortho intramolecular Hbond substituents is 1. The molecule has 3 aromatic carbocycles. The molecule has 7 heteroatoms. The van der Waals surface area contributed by atoms with Crippen LogP contribution in [0.3, 0.4) is 0 Å². The molecule has 0 aliphatic carbocycles. The van der Waals surface area contributed by atoms with Gasteiger partial charge in [0, 0.05) is 37.3 Å². The first-order valence-corrected chi connectivity index (χ1v) is 11.8. The number of rotatable bonds is 5. The number of carbonyl (C=O) groups is 2. The summed E-state index contributed by atoms with van der Waals surface area (Å²) in [6, 6.07) is 18.2. The Morgan fingerprint density at radius 3 is 2.68 bits per heavy atom. The standard InChI is InChI=1S/C27H29N3O4/c31-25-22-8-2-1-6-20(22)10-11-23(25)27(33)30-12-4-9-24(30)26(32)28-21-7-3-5-19(17-21)18-29-13-15-34-16-14-29/h1-3,5-8,10-11,17,24,31H,4,9,12-16,18H2,(H,28,32). The van der Waals surface area contributed by atoms with Gasteiger partial charge in [0.15, 0.2) is 0 Å². The maximum absolute atomic E-state index is 13.3. The predicted octanol–water partition coefficient (Wildman–Crippen LogP) is 3.62. The van der Waals surface area contributed by atoms with Crippen molar-refractivity contribution in [3.05, 3.63) is 71.8 Å². The molecule has 2 aliphatic rings. The molecular formula is C27H29N3O4. The summed E-state index contributed by atoms with van der Waals surface area (Å²) in [4.78, 5) is 30.4. The van der Waals surface area contributed by atoms with Crippen molar-refractivity contribution in [2.45, 2.75) is 25.4 Å². The Bertz CT molecular complexity index is 1210. The van der Waals surface area contributed by atoms with Gasteiger partial charge in [-0.1, -0.05) is 42.5 Å². The number of hydrogen-bond donors (Lipinski definition) is 2. The van der Waals surface area contributed by atoms with Crippen molar-refractivity contribution >= 4 is 28.3 Å². The molecule has 0 aromatic heterocycles. The van der Waals surface area contributed by atoms with E-state index in [0.29, 0.717) is 18.4 Å². The van der Waals surface area contributed by atoms with E-state index in [4.69, 9.17) is 4.74 Å². The fraction of sp³-hybridized carbons (Fsp3) is 0.333. The summed E-state index contributed by atoms with van der Waals surface area (Å²) >= 11 is 0. The van der Waals surface area contributed by atoms with Crippen molar-refractivity contribution < 1.29 is 19.4 Å². The summed E-state index contributed by atoms with van der Waals surface area (Å²) in [6.07, 6.45) is 1.34. The lowest BCUT2D eigenvalue weighted by Crippen LogP contribution is -2.43. The van der Waals surface area contributed by atoms with Gasteiger partial charge in [0.2, 0.25) is 5.91 Å². The third kappa shape index (κ3) is 4.62. The zero-order valence-corrected chi connectivity index (χ0v) is 19.1. The van der Waals surface area contributed by atoms with E-state index in [2.05, 4.69) is 16.3 Å². The van der Waals surface area contributed by atoms with E-state index in [1.165, 1.54) is 0 Å². The molecule has 2 N–H and O–H groups in total. The molecule has 2 aliphatic heterocycles. The Balaban J connectivity index is 1.29. The Kier molecular flexibility index (Phi) is 6.47. The second kappa shape index (κ2) is 9.83. The average molecular weight is 460 g/mol. The van der Waals surface area contributed by atoms with Crippen LogP contribution in [0.25, 0.3) is 10.8 Å². The number of benzene rings is 3. The lowest BCUT2D eigenvalue weighted by atomic mass is 10.0. The highest BCUT2D eigenvalue weighted by Gasteiger charge is 2.35. The summed E-state index contributed by atoms with van der Waals surface area (Å²) < 4.78 is 5.41. The first kappa shape index (κ1) is 22.4. The SMILES string of the molecule is O=C(Nc1cccc(CN2CCOCC2)c1)C1CCCN1C(=O)c1ccc2ccccc2c1O. The maximum Gasteiger partial charge on any atom is 0.258 e. The van der Waals surface area contributed by atoms with Crippen molar-refractivity contribution in [2.75, 3.05) is 38.2 Å². The van der Waals surface area contributed by atoms with Crippen LogP contribution in [-0.4, -0.2) is 65.6 Å². The van der Waals surface area contributed by atoms with E-state index in [1.54, 1.807) is 17.0 Å². The normalized spacial score (nSPS) is 18.8. The number of likely N-dealkylation sites (tertiary alicyclic amines) is 1. The highest BCUT2D eigenvalue weighted by atomic mass is 16.5. The topological polar surface area (TPSA) is 82.1 Å². The van der Waals surface area contributed by atoms with Crippen LogP contribution in [0.15, 0.2) is 60.7 Å². The molecule has 2 heterocycles.